The Morgan fingerprint density at radius 1 is 1.37 bits per heavy atom. The van der Waals surface area contributed by atoms with Crippen LogP contribution in [0.5, 0.6) is 0 Å². The molecule has 1 saturated heterocycles. The second-order valence-electron chi connectivity index (χ2n) is 5.62. The zero-order valence-electron chi connectivity index (χ0n) is 11.4. The van der Waals surface area contributed by atoms with E-state index in [1.165, 1.54) is 0 Å². The normalized spacial score (nSPS) is 25.4. The highest BCUT2D eigenvalue weighted by atomic mass is 16.5. The zero-order valence-corrected chi connectivity index (χ0v) is 11.4. The van der Waals surface area contributed by atoms with Crippen LogP contribution in [0.2, 0.25) is 0 Å². The molecule has 1 saturated carbocycles. The zero-order chi connectivity index (χ0) is 13.9. The number of nitrogens with two attached hydrogens (primary N) is 1. The lowest BCUT2D eigenvalue weighted by Gasteiger charge is -2.45. The summed E-state index contributed by atoms with van der Waals surface area (Å²) in [4.78, 5) is 12.6. The number of carbonyl (C=O) groups is 1. The van der Waals surface area contributed by atoms with Crippen LogP contribution in [-0.2, 0) is 9.53 Å². The second kappa shape index (κ2) is 5.36. The van der Waals surface area contributed by atoms with E-state index in [2.05, 4.69) is 17.4 Å². The van der Waals surface area contributed by atoms with Crippen molar-refractivity contribution < 1.29 is 14.7 Å². The number of nitrogens with one attached hydrogen (secondary N) is 1. The molecule has 1 amide bonds. The molecule has 1 aliphatic carbocycles. The van der Waals surface area contributed by atoms with Gasteiger partial charge in [0.1, 0.15) is 5.41 Å². The first-order valence-electron chi connectivity index (χ1n) is 6.97. The predicted molar refractivity (Wildman–Crippen MR) is 70.9 cm³/mol. The van der Waals surface area contributed by atoms with Gasteiger partial charge in [-0.25, -0.2) is 0 Å². The molecule has 0 radical (unpaired) electrons. The average molecular weight is 269 g/mol. The van der Waals surface area contributed by atoms with Gasteiger partial charge >= 0.3 is 0 Å². The Balaban J connectivity index is 2.16. The maximum atomic E-state index is 12.6. The van der Waals surface area contributed by atoms with Crippen LogP contribution in [-0.4, -0.2) is 35.7 Å². The smallest absolute Gasteiger partial charge is 0.234 e. The fourth-order valence-electron chi connectivity index (χ4n) is 2.95. The summed E-state index contributed by atoms with van der Waals surface area (Å²) in [6.45, 7) is 3.01. The Hall–Kier alpha value is -1.30. The van der Waals surface area contributed by atoms with E-state index in [4.69, 9.17) is 15.7 Å². The molecule has 2 fully saturated rings. The average Bonchev–Trinajstić information content (AvgIpc) is 2.42. The van der Waals surface area contributed by atoms with E-state index in [0.29, 0.717) is 26.1 Å². The SMILES string of the molecule is CCC1(NC(=O)C2(C(N)=NO)CCOCC2)CCC1. The lowest BCUT2D eigenvalue weighted by Crippen LogP contribution is -2.61. The van der Waals surface area contributed by atoms with Gasteiger partial charge in [0.15, 0.2) is 5.84 Å². The number of oxime groups is 1. The van der Waals surface area contributed by atoms with Crippen molar-refractivity contribution >= 4 is 11.7 Å². The first-order valence-corrected chi connectivity index (χ1v) is 6.97. The van der Waals surface area contributed by atoms with Crippen LogP contribution < -0.4 is 11.1 Å². The van der Waals surface area contributed by atoms with Gasteiger partial charge in [-0.15, -0.1) is 0 Å². The Kier molecular flexibility index (Phi) is 3.99. The van der Waals surface area contributed by atoms with Gasteiger partial charge in [-0.3, -0.25) is 4.79 Å². The fourth-order valence-corrected chi connectivity index (χ4v) is 2.95. The van der Waals surface area contributed by atoms with Crippen LogP contribution >= 0.6 is 0 Å². The van der Waals surface area contributed by atoms with Gasteiger partial charge in [0.25, 0.3) is 0 Å². The molecule has 0 aromatic heterocycles. The molecule has 6 heteroatoms. The molecule has 0 unspecified atom stereocenters. The van der Waals surface area contributed by atoms with E-state index in [1.807, 2.05) is 0 Å². The molecule has 108 valence electrons. The molecule has 2 rings (SSSR count). The maximum Gasteiger partial charge on any atom is 0.234 e. The van der Waals surface area contributed by atoms with Gasteiger partial charge < -0.3 is 21.0 Å². The summed E-state index contributed by atoms with van der Waals surface area (Å²) in [5.74, 6) is -0.119. The number of rotatable bonds is 4. The Bertz CT molecular complexity index is 366. The van der Waals surface area contributed by atoms with E-state index in [-0.39, 0.29) is 17.3 Å². The van der Waals surface area contributed by atoms with Crippen molar-refractivity contribution in [2.75, 3.05) is 13.2 Å². The summed E-state index contributed by atoms with van der Waals surface area (Å²) < 4.78 is 5.29. The van der Waals surface area contributed by atoms with Gasteiger partial charge in [-0.2, -0.15) is 0 Å². The number of nitrogens with zero attached hydrogens (tertiary/aromatic N) is 1. The van der Waals surface area contributed by atoms with Gasteiger partial charge in [-0.05, 0) is 38.5 Å². The number of amides is 1. The minimum atomic E-state index is -0.912. The van der Waals surface area contributed by atoms with Crippen molar-refractivity contribution in [2.24, 2.45) is 16.3 Å². The highest BCUT2D eigenvalue weighted by Gasteiger charge is 2.48. The molecule has 1 heterocycles. The monoisotopic (exact) mass is 269 g/mol. The molecular formula is C13H23N3O3. The lowest BCUT2D eigenvalue weighted by molar-refractivity contribution is -0.135. The predicted octanol–water partition coefficient (Wildman–Crippen LogP) is 0.978. The summed E-state index contributed by atoms with van der Waals surface area (Å²) in [6.07, 6.45) is 5.02. The summed E-state index contributed by atoms with van der Waals surface area (Å²) in [5, 5.41) is 15.2. The number of amidine groups is 1. The maximum absolute atomic E-state index is 12.6. The Morgan fingerprint density at radius 3 is 2.42 bits per heavy atom. The molecule has 0 aromatic rings. The first-order chi connectivity index (χ1) is 9.08. The van der Waals surface area contributed by atoms with Gasteiger partial charge in [0, 0.05) is 18.8 Å². The highest BCUT2D eigenvalue weighted by molar-refractivity contribution is 6.07. The number of hydrogen-bond acceptors (Lipinski definition) is 4. The van der Waals surface area contributed by atoms with Crippen LogP contribution in [0.4, 0.5) is 0 Å². The van der Waals surface area contributed by atoms with E-state index < -0.39 is 5.41 Å². The molecule has 0 bridgehead atoms. The van der Waals surface area contributed by atoms with E-state index in [9.17, 15) is 4.79 Å². The molecule has 2 aliphatic rings. The summed E-state index contributed by atoms with van der Waals surface area (Å²) in [6, 6.07) is 0. The molecule has 0 atom stereocenters. The second-order valence-corrected chi connectivity index (χ2v) is 5.62. The van der Waals surface area contributed by atoms with Crippen molar-refractivity contribution in [1.82, 2.24) is 5.32 Å². The van der Waals surface area contributed by atoms with E-state index in [0.717, 1.165) is 25.7 Å². The quantitative estimate of drug-likeness (QED) is 0.307. The highest BCUT2D eigenvalue weighted by Crippen LogP contribution is 2.38. The molecule has 4 N–H and O–H groups in total. The van der Waals surface area contributed by atoms with Crippen molar-refractivity contribution in [2.45, 2.75) is 51.0 Å². The summed E-state index contributed by atoms with van der Waals surface area (Å²) >= 11 is 0. The van der Waals surface area contributed by atoms with Gasteiger partial charge in [0.05, 0.1) is 0 Å². The van der Waals surface area contributed by atoms with Crippen molar-refractivity contribution in [3.05, 3.63) is 0 Å². The van der Waals surface area contributed by atoms with Crippen LogP contribution in [0.1, 0.15) is 45.4 Å². The van der Waals surface area contributed by atoms with Crippen LogP contribution in [0, 0.1) is 5.41 Å². The molecule has 0 spiro atoms. The minimum absolute atomic E-state index is 0.00104. The van der Waals surface area contributed by atoms with Crippen LogP contribution in [0.25, 0.3) is 0 Å². The van der Waals surface area contributed by atoms with Gasteiger partial charge in [-0.1, -0.05) is 12.1 Å². The third-order valence-corrected chi connectivity index (χ3v) is 4.75. The molecule has 0 aromatic carbocycles. The van der Waals surface area contributed by atoms with E-state index >= 15 is 0 Å². The topological polar surface area (TPSA) is 96.9 Å². The molecule has 1 aliphatic heterocycles. The van der Waals surface area contributed by atoms with Crippen molar-refractivity contribution in [1.29, 1.82) is 0 Å². The standard InChI is InChI=1S/C13H23N3O3/c1-2-12(4-3-5-12)15-11(17)13(10(14)16-18)6-8-19-9-7-13/h18H,2-9H2,1H3,(H2,14,16)(H,15,17). The van der Waals surface area contributed by atoms with Crippen molar-refractivity contribution in [3.63, 3.8) is 0 Å². The molecular weight excluding hydrogens is 246 g/mol. The minimum Gasteiger partial charge on any atom is -0.409 e. The molecule has 6 nitrogen and oxygen atoms in total. The number of ether oxygens (including phenoxy) is 1. The third-order valence-electron chi connectivity index (χ3n) is 4.75. The number of carbonyl (C=O) groups excluding carboxylic acids is 1. The Morgan fingerprint density at radius 2 is 2.00 bits per heavy atom. The summed E-state index contributed by atoms with van der Waals surface area (Å²) in [5.41, 5.74) is 4.79. The van der Waals surface area contributed by atoms with Crippen LogP contribution in [0.15, 0.2) is 5.16 Å². The van der Waals surface area contributed by atoms with Crippen LogP contribution in [0.3, 0.4) is 0 Å². The largest absolute Gasteiger partial charge is 0.409 e. The third kappa shape index (κ3) is 2.41. The molecule has 19 heavy (non-hydrogen) atoms. The van der Waals surface area contributed by atoms with Crippen molar-refractivity contribution in [3.8, 4) is 0 Å². The lowest BCUT2D eigenvalue weighted by atomic mass is 9.72. The number of hydrogen-bond donors (Lipinski definition) is 3. The summed E-state index contributed by atoms with van der Waals surface area (Å²) in [7, 11) is 0. The fraction of sp³-hybridized carbons (Fsp3) is 0.846. The Labute approximate surface area is 113 Å². The van der Waals surface area contributed by atoms with Gasteiger partial charge in [0.2, 0.25) is 5.91 Å². The van der Waals surface area contributed by atoms with E-state index in [1.54, 1.807) is 0 Å². The first kappa shape index (κ1) is 14.1.